The fraction of sp³-hybridized carbons (Fsp3) is 0.143. The van der Waals surface area contributed by atoms with Crippen LogP contribution in [0.3, 0.4) is 0 Å². The number of sulfonamides is 1. The van der Waals surface area contributed by atoms with Gasteiger partial charge in [-0.15, -0.1) is 0 Å². The molecule has 0 aliphatic carbocycles. The van der Waals surface area contributed by atoms with Crippen molar-refractivity contribution in [3.8, 4) is 0 Å². The van der Waals surface area contributed by atoms with Crippen molar-refractivity contribution in [1.29, 1.82) is 0 Å². The van der Waals surface area contributed by atoms with Crippen molar-refractivity contribution in [2.45, 2.75) is 18.7 Å². The molecule has 0 aliphatic rings. The zero-order valence-electron chi connectivity index (χ0n) is 10.9. The van der Waals surface area contributed by atoms with E-state index in [0.29, 0.717) is 15.7 Å². The molecule has 0 spiro atoms. The predicted molar refractivity (Wildman–Crippen MR) is 80.8 cm³/mol. The van der Waals surface area contributed by atoms with Gasteiger partial charge in [0.2, 0.25) is 0 Å². The van der Waals surface area contributed by atoms with Crippen LogP contribution in [-0.2, 0) is 10.0 Å². The Bertz CT molecular complexity index is 760. The van der Waals surface area contributed by atoms with E-state index in [-0.39, 0.29) is 4.90 Å². The lowest BCUT2D eigenvalue weighted by Crippen LogP contribution is -2.14. The Balaban J connectivity index is 2.43. The summed E-state index contributed by atoms with van der Waals surface area (Å²) in [7, 11) is -3.70. The van der Waals surface area contributed by atoms with Gasteiger partial charge in [-0.2, -0.15) is 0 Å². The second kappa shape index (κ2) is 5.54. The fourth-order valence-corrected chi connectivity index (χ4v) is 3.76. The fourth-order valence-electron chi connectivity index (χ4n) is 1.77. The number of aryl methyl sites for hydroxylation is 2. The third kappa shape index (κ3) is 3.19. The van der Waals surface area contributed by atoms with E-state index in [9.17, 15) is 12.8 Å². The van der Waals surface area contributed by atoms with Gasteiger partial charge >= 0.3 is 0 Å². The monoisotopic (exact) mass is 357 g/mol. The highest BCUT2D eigenvalue weighted by Crippen LogP contribution is 2.27. The van der Waals surface area contributed by atoms with Crippen LogP contribution in [-0.4, -0.2) is 8.42 Å². The highest BCUT2D eigenvalue weighted by Gasteiger charge is 2.18. The molecule has 106 valence electrons. The van der Waals surface area contributed by atoms with Crippen LogP contribution in [0.5, 0.6) is 0 Å². The SMILES string of the molecule is Cc1ccc(C)c(S(=O)(=O)Nc2ccc(F)cc2Br)c1. The van der Waals surface area contributed by atoms with Gasteiger partial charge in [-0.1, -0.05) is 12.1 Å². The molecule has 0 amide bonds. The summed E-state index contributed by atoms with van der Waals surface area (Å²) in [6.45, 7) is 3.56. The minimum absolute atomic E-state index is 0.216. The summed E-state index contributed by atoms with van der Waals surface area (Å²) in [5, 5.41) is 0. The van der Waals surface area contributed by atoms with E-state index >= 15 is 0 Å². The van der Waals surface area contributed by atoms with Crippen molar-refractivity contribution in [2.24, 2.45) is 0 Å². The molecule has 2 aromatic rings. The van der Waals surface area contributed by atoms with E-state index in [1.807, 2.05) is 13.0 Å². The number of anilines is 1. The lowest BCUT2D eigenvalue weighted by atomic mass is 10.2. The Morgan fingerprint density at radius 3 is 2.45 bits per heavy atom. The van der Waals surface area contributed by atoms with Crippen LogP contribution < -0.4 is 4.72 Å². The molecule has 3 nitrogen and oxygen atoms in total. The van der Waals surface area contributed by atoms with Gasteiger partial charge in [-0.3, -0.25) is 4.72 Å². The van der Waals surface area contributed by atoms with Crippen molar-refractivity contribution in [2.75, 3.05) is 4.72 Å². The van der Waals surface area contributed by atoms with Crippen LogP contribution >= 0.6 is 15.9 Å². The van der Waals surface area contributed by atoms with Gasteiger partial charge < -0.3 is 0 Å². The molecule has 0 aliphatic heterocycles. The summed E-state index contributed by atoms with van der Waals surface area (Å²) in [6, 6.07) is 9.00. The van der Waals surface area contributed by atoms with E-state index in [0.717, 1.165) is 5.56 Å². The first kappa shape index (κ1) is 15.0. The largest absolute Gasteiger partial charge is 0.278 e. The molecular formula is C14H13BrFNO2S. The molecule has 6 heteroatoms. The highest BCUT2D eigenvalue weighted by atomic mass is 79.9. The van der Waals surface area contributed by atoms with Crippen LogP contribution in [0.2, 0.25) is 0 Å². The summed E-state index contributed by atoms with van der Waals surface area (Å²) in [5.74, 6) is -0.438. The summed E-state index contributed by atoms with van der Waals surface area (Å²) in [6.07, 6.45) is 0. The maximum atomic E-state index is 13.0. The number of nitrogens with one attached hydrogen (secondary N) is 1. The average molecular weight is 358 g/mol. The first-order chi connectivity index (χ1) is 9.29. The first-order valence-electron chi connectivity index (χ1n) is 5.85. The number of benzene rings is 2. The average Bonchev–Trinajstić information content (AvgIpc) is 2.35. The second-order valence-electron chi connectivity index (χ2n) is 4.50. The number of halogens is 2. The minimum atomic E-state index is -3.70. The number of hydrogen-bond donors (Lipinski definition) is 1. The van der Waals surface area contributed by atoms with Crippen LogP contribution in [0.15, 0.2) is 45.8 Å². The lowest BCUT2D eigenvalue weighted by molar-refractivity contribution is 0.600. The highest BCUT2D eigenvalue weighted by molar-refractivity contribution is 9.10. The molecule has 2 aromatic carbocycles. The predicted octanol–water partition coefficient (Wildman–Crippen LogP) is 4.01. The van der Waals surface area contributed by atoms with Crippen molar-refractivity contribution < 1.29 is 12.8 Å². The van der Waals surface area contributed by atoms with Crippen molar-refractivity contribution in [3.05, 3.63) is 57.8 Å². The van der Waals surface area contributed by atoms with Gasteiger partial charge in [-0.25, -0.2) is 12.8 Å². The Hall–Kier alpha value is -1.40. The first-order valence-corrected chi connectivity index (χ1v) is 8.12. The third-order valence-electron chi connectivity index (χ3n) is 2.81. The molecule has 0 saturated carbocycles. The number of rotatable bonds is 3. The van der Waals surface area contributed by atoms with Crippen LogP contribution in [0.25, 0.3) is 0 Å². The zero-order valence-corrected chi connectivity index (χ0v) is 13.3. The summed E-state index contributed by atoms with van der Waals surface area (Å²) >= 11 is 3.14. The van der Waals surface area contributed by atoms with Crippen molar-refractivity contribution in [1.82, 2.24) is 0 Å². The minimum Gasteiger partial charge on any atom is -0.278 e. The summed E-state index contributed by atoms with van der Waals surface area (Å²) < 4.78 is 40.6. The molecule has 0 atom stereocenters. The smallest absolute Gasteiger partial charge is 0.262 e. The normalized spacial score (nSPS) is 11.4. The molecule has 0 saturated heterocycles. The Kier molecular flexibility index (Phi) is 4.15. The summed E-state index contributed by atoms with van der Waals surface area (Å²) in [5.41, 5.74) is 1.81. The molecule has 20 heavy (non-hydrogen) atoms. The van der Waals surface area contributed by atoms with Gasteiger partial charge in [0.1, 0.15) is 5.82 Å². The van der Waals surface area contributed by atoms with Gasteiger partial charge in [-0.05, 0) is 65.2 Å². The van der Waals surface area contributed by atoms with Crippen LogP contribution in [0.4, 0.5) is 10.1 Å². The van der Waals surface area contributed by atoms with Gasteiger partial charge in [0.05, 0.1) is 10.6 Å². The number of hydrogen-bond acceptors (Lipinski definition) is 2. The zero-order chi connectivity index (χ0) is 14.9. The molecule has 1 N–H and O–H groups in total. The topological polar surface area (TPSA) is 46.2 Å². The maximum absolute atomic E-state index is 13.0. The van der Waals surface area contributed by atoms with Crippen molar-refractivity contribution >= 4 is 31.6 Å². The Labute approximate surface area is 126 Å². The van der Waals surface area contributed by atoms with Crippen LogP contribution in [0.1, 0.15) is 11.1 Å². The molecule has 0 aromatic heterocycles. The maximum Gasteiger partial charge on any atom is 0.262 e. The van der Waals surface area contributed by atoms with Crippen LogP contribution in [0, 0.1) is 19.7 Å². The molecule has 0 heterocycles. The summed E-state index contributed by atoms with van der Waals surface area (Å²) in [4.78, 5) is 0.216. The quantitative estimate of drug-likeness (QED) is 0.901. The Morgan fingerprint density at radius 1 is 1.10 bits per heavy atom. The van der Waals surface area contributed by atoms with E-state index in [1.54, 1.807) is 19.1 Å². The molecule has 0 bridgehead atoms. The van der Waals surface area contributed by atoms with Gasteiger partial charge in [0, 0.05) is 4.47 Å². The Morgan fingerprint density at radius 2 is 1.80 bits per heavy atom. The molecular weight excluding hydrogens is 345 g/mol. The van der Waals surface area contributed by atoms with Gasteiger partial charge in [0.15, 0.2) is 0 Å². The molecule has 2 rings (SSSR count). The van der Waals surface area contributed by atoms with E-state index < -0.39 is 15.8 Å². The molecule has 0 fully saturated rings. The molecule has 0 unspecified atom stereocenters. The molecule has 0 radical (unpaired) electrons. The van der Waals surface area contributed by atoms with Gasteiger partial charge in [0.25, 0.3) is 10.0 Å². The standard InChI is InChI=1S/C14H13BrFNO2S/c1-9-3-4-10(2)14(7-9)20(18,19)17-13-6-5-11(16)8-12(13)15/h3-8,17H,1-2H3. The van der Waals surface area contributed by atoms with E-state index in [4.69, 9.17) is 0 Å². The second-order valence-corrected chi connectivity index (χ2v) is 7.00. The van der Waals surface area contributed by atoms with E-state index in [1.165, 1.54) is 18.2 Å². The lowest BCUT2D eigenvalue weighted by Gasteiger charge is -2.12. The van der Waals surface area contributed by atoms with Crippen molar-refractivity contribution in [3.63, 3.8) is 0 Å². The third-order valence-corrected chi connectivity index (χ3v) is 4.97. The van der Waals surface area contributed by atoms with E-state index in [2.05, 4.69) is 20.7 Å².